The number of carbonyl (C=O) groups excluding carboxylic acids is 2. The minimum atomic E-state index is -0.594. The van der Waals surface area contributed by atoms with E-state index in [1.54, 1.807) is 11.3 Å². The van der Waals surface area contributed by atoms with E-state index < -0.39 is 5.97 Å². The van der Waals surface area contributed by atoms with Crippen LogP contribution in [0.25, 0.3) is 0 Å². The molecule has 1 aromatic carbocycles. The van der Waals surface area contributed by atoms with Crippen molar-refractivity contribution in [3.05, 3.63) is 57.8 Å². The first-order chi connectivity index (χ1) is 10.6. The van der Waals surface area contributed by atoms with Gasteiger partial charge in [-0.25, -0.2) is 4.79 Å². The average molecular weight is 314 g/mol. The normalized spacial score (nSPS) is 11.3. The standard InChI is InChI=1S/C16H14N2O3S/c1-11(14-3-2-8-22-14)18-15(19)10-21-16(20)13-6-4-12(9-17)5-7-13/h2-8,11H,10H2,1H3,(H,18,19)/t11-/m1/s1. The number of nitriles is 1. The Morgan fingerprint density at radius 1 is 1.32 bits per heavy atom. The molecule has 1 amide bonds. The molecule has 112 valence electrons. The van der Waals surface area contributed by atoms with Crippen molar-refractivity contribution in [3.63, 3.8) is 0 Å². The summed E-state index contributed by atoms with van der Waals surface area (Å²) in [6.07, 6.45) is 0. The predicted octanol–water partition coefficient (Wildman–Crippen LogP) is 2.65. The number of hydrogen-bond donors (Lipinski definition) is 1. The maximum atomic E-state index is 11.8. The Morgan fingerprint density at radius 3 is 2.64 bits per heavy atom. The lowest BCUT2D eigenvalue weighted by molar-refractivity contribution is -0.124. The molecule has 1 N–H and O–H groups in total. The van der Waals surface area contributed by atoms with Crippen molar-refractivity contribution in [3.8, 4) is 6.07 Å². The van der Waals surface area contributed by atoms with Crippen molar-refractivity contribution in [1.82, 2.24) is 5.32 Å². The van der Waals surface area contributed by atoms with Crippen LogP contribution in [-0.4, -0.2) is 18.5 Å². The second kappa shape index (κ2) is 7.38. The summed E-state index contributed by atoms with van der Waals surface area (Å²) in [4.78, 5) is 24.6. The summed E-state index contributed by atoms with van der Waals surface area (Å²) in [6, 6.07) is 11.7. The van der Waals surface area contributed by atoms with Crippen LogP contribution in [0.3, 0.4) is 0 Å². The maximum Gasteiger partial charge on any atom is 0.338 e. The van der Waals surface area contributed by atoms with Gasteiger partial charge >= 0.3 is 5.97 Å². The number of nitrogens with zero attached hydrogens (tertiary/aromatic N) is 1. The average Bonchev–Trinajstić information content (AvgIpc) is 3.07. The van der Waals surface area contributed by atoms with Crippen LogP contribution in [0.5, 0.6) is 0 Å². The van der Waals surface area contributed by atoms with Crippen molar-refractivity contribution in [2.24, 2.45) is 0 Å². The molecule has 1 heterocycles. The Kier molecular flexibility index (Phi) is 5.28. The zero-order valence-corrected chi connectivity index (χ0v) is 12.7. The third-order valence-electron chi connectivity index (χ3n) is 2.93. The number of benzene rings is 1. The van der Waals surface area contributed by atoms with Gasteiger partial charge in [0, 0.05) is 4.88 Å². The van der Waals surface area contributed by atoms with E-state index in [4.69, 9.17) is 10.00 Å². The maximum absolute atomic E-state index is 11.8. The Labute approximate surface area is 132 Å². The van der Waals surface area contributed by atoms with E-state index in [1.165, 1.54) is 24.3 Å². The van der Waals surface area contributed by atoms with E-state index in [0.29, 0.717) is 11.1 Å². The number of amides is 1. The highest BCUT2D eigenvalue weighted by atomic mass is 32.1. The molecule has 22 heavy (non-hydrogen) atoms. The first-order valence-corrected chi connectivity index (χ1v) is 7.48. The third-order valence-corrected chi connectivity index (χ3v) is 3.99. The molecule has 0 saturated heterocycles. The highest BCUT2D eigenvalue weighted by molar-refractivity contribution is 7.10. The fraction of sp³-hybridized carbons (Fsp3) is 0.188. The van der Waals surface area contributed by atoms with Crippen molar-refractivity contribution >= 4 is 23.2 Å². The second-order valence-corrected chi connectivity index (χ2v) is 5.55. The summed E-state index contributed by atoms with van der Waals surface area (Å²) in [6.45, 7) is 1.53. The lowest BCUT2D eigenvalue weighted by Crippen LogP contribution is -2.30. The minimum absolute atomic E-state index is 0.124. The summed E-state index contributed by atoms with van der Waals surface area (Å²) in [5.41, 5.74) is 0.761. The molecule has 1 aromatic heterocycles. The van der Waals surface area contributed by atoms with Gasteiger partial charge in [-0.15, -0.1) is 11.3 Å². The number of ether oxygens (including phenoxy) is 1. The molecule has 2 aromatic rings. The Hall–Kier alpha value is -2.65. The monoisotopic (exact) mass is 314 g/mol. The lowest BCUT2D eigenvalue weighted by Gasteiger charge is -2.12. The molecule has 0 saturated carbocycles. The van der Waals surface area contributed by atoms with Crippen LogP contribution in [0.1, 0.15) is 33.8 Å². The fourth-order valence-corrected chi connectivity index (χ4v) is 2.52. The molecule has 6 heteroatoms. The van der Waals surface area contributed by atoms with Gasteiger partial charge in [0.05, 0.1) is 23.2 Å². The molecule has 0 unspecified atom stereocenters. The molecule has 0 aliphatic rings. The Bertz CT molecular complexity index is 687. The van der Waals surface area contributed by atoms with Crippen LogP contribution in [0.4, 0.5) is 0 Å². The summed E-state index contributed by atoms with van der Waals surface area (Å²) in [7, 11) is 0. The Balaban J connectivity index is 1.82. The first kappa shape index (κ1) is 15.7. The van der Waals surface area contributed by atoms with Gasteiger partial charge in [0.25, 0.3) is 5.91 Å². The smallest absolute Gasteiger partial charge is 0.338 e. The van der Waals surface area contributed by atoms with E-state index in [-0.39, 0.29) is 18.6 Å². The van der Waals surface area contributed by atoms with E-state index in [9.17, 15) is 9.59 Å². The number of nitrogens with one attached hydrogen (secondary N) is 1. The van der Waals surface area contributed by atoms with Crippen LogP contribution in [0.15, 0.2) is 41.8 Å². The number of thiophene rings is 1. The van der Waals surface area contributed by atoms with E-state index in [1.807, 2.05) is 30.5 Å². The summed E-state index contributed by atoms with van der Waals surface area (Å²) >= 11 is 1.55. The van der Waals surface area contributed by atoms with Crippen molar-refractivity contribution in [1.29, 1.82) is 5.26 Å². The zero-order chi connectivity index (χ0) is 15.9. The molecular formula is C16H14N2O3S. The van der Waals surface area contributed by atoms with Gasteiger partial charge in [0.2, 0.25) is 0 Å². The van der Waals surface area contributed by atoms with Gasteiger partial charge < -0.3 is 10.1 Å². The van der Waals surface area contributed by atoms with Gasteiger partial charge in [-0.05, 0) is 42.6 Å². The van der Waals surface area contributed by atoms with Gasteiger partial charge in [0.1, 0.15) is 0 Å². The third kappa shape index (κ3) is 4.17. The number of carbonyl (C=O) groups is 2. The van der Waals surface area contributed by atoms with Gasteiger partial charge in [-0.2, -0.15) is 5.26 Å². The summed E-state index contributed by atoms with van der Waals surface area (Å²) in [5.74, 6) is -0.952. The largest absolute Gasteiger partial charge is 0.452 e. The molecule has 2 rings (SSSR count). The van der Waals surface area contributed by atoms with Gasteiger partial charge in [0.15, 0.2) is 6.61 Å². The van der Waals surface area contributed by atoms with Crippen LogP contribution in [0, 0.1) is 11.3 Å². The van der Waals surface area contributed by atoms with Crippen LogP contribution < -0.4 is 5.32 Å². The first-order valence-electron chi connectivity index (χ1n) is 6.60. The highest BCUT2D eigenvalue weighted by Crippen LogP contribution is 2.17. The fourth-order valence-electron chi connectivity index (χ4n) is 1.79. The summed E-state index contributed by atoms with van der Waals surface area (Å²) < 4.78 is 4.95. The molecule has 0 spiro atoms. The second-order valence-electron chi connectivity index (χ2n) is 4.57. The lowest BCUT2D eigenvalue weighted by atomic mass is 10.1. The van der Waals surface area contributed by atoms with Crippen molar-refractivity contribution in [2.75, 3.05) is 6.61 Å². The van der Waals surface area contributed by atoms with Gasteiger partial charge in [-0.1, -0.05) is 6.07 Å². The molecular weight excluding hydrogens is 300 g/mol. The van der Waals surface area contributed by atoms with Crippen LogP contribution in [0.2, 0.25) is 0 Å². The number of rotatable bonds is 5. The quantitative estimate of drug-likeness (QED) is 0.861. The Morgan fingerprint density at radius 2 is 2.05 bits per heavy atom. The van der Waals surface area contributed by atoms with E-state index in [0.717, 1.165) is 4.88 Å². The molecule has 0 fully saturated rings. The number of esters is 1. The SMILES string of the molecule is C[C@@H](NC(=O)COC(=O)c1ccc(C#N)cc1)c1cccs1. The van der Waals surface area contributed by atoms with Crippen molar-refractivity contribution in [2.45, 2.75) is 13.0 Å². The molecule has 0 aliphatic heterocycles. The van der Waals surface area contributed by atoms with Gasteiger partial charge in [-0.3, -0.25) is 4.79 Å². The van der Waals surface area contributed by atoms with E-state index in [2.05, 4.69) is 5.32 Å². The minimum Gasteiger partial charge on any atom is -0.452 e. The van der Waals surface area contributed by atoms with E-state index >= 15 is 0 Å². The topological polar surface area (TPSA) is 79.2 Å². The highest BCUT2D eigenvalue weighted by Gasteiger charge is 2.13. The number of hydrogen-bond acceptors (Lipinski definition) is 5. The molecule has 0 bridgehead atoms. The summed E-state index contributed by atoms with van der Waals surface area (Å²) in [5, 5.41) is 13.4. The van der Waals surface area contributed by atoms with Crippen LogP contribution in [-0.2, 0) is 9.53 Å². The zero-order valence-electron chi connectivity index (χ0n) is 11.9. The van der Waals surface area contributed by atoms with Crippen LogP contribution >= 0.6 is 11.3 Å². The molecule has 1 atom stereocenters. The molecule has 5 nitrogen and oxygen atoms in total. The molecule has 0 aliphatic carbocycles. The molecule has 0 radical (unpaired) electrons. The predicted molar refractivity (Wildman–Crippen MR) is 82.3 cm³/mol. The van der Waals surface area contributed by atoms with Crippen molar-refractivity contribution < 1.29 is 14.3 Å².